The van der Waals surface area contributed by atoms with Gasteiger partial charge in [-0.2, -0.15) is 13.2 Å². The van der Waals surface area contributed by atoms with Crippen LogP contribution in [0.5, 0.6) is 0 Å². The number of benzene rings is 1. The molecule has 0 spiro atoms. The summed E-state index contributed by atoms with van der Waals surface area (Å²) in [5.74, 6) is 0. The lowest BCUT2D eigenvalue weighted by Gasteiger charge is -2.19. The molecule has 0 saturated heterocycles. The minimum Gasteiger partial charge on any atom is -0.342 e. The lowest BCUT2D eigenvalue weighted by molar-refractivity contribution is -0.136. The van der Waals surface area contributed by atoms with Gasteiger partial charge in [0.05, 0.1) is 11.1 Å². The average Bonchev–Trinajstić information content (AvgIpc) is 2.65. The molecule has 1 aliphatic rings. The van der Waals surface area contributed by atoms with E-state index >= 15 is 0 Å². The van der Waals surface area contributed by atoms with Crippen LogP contribution in [0.2, 0.25) is 0 Å². The third-order valence-electron chi connectivity index (χ3n) is 3.13. The summed E-state index contributed by atoms with van der Waals surface area (Å²) in [7, 11) is 0. The average molecular weight is 240 g/mol. The van der Waals surface area contributed by atoms with Gasteiger partial charge in [0, 0.05) is 30.7 Å². The minimum absolute atomic E-state index is 0.316. The van der Waals surface area contributed by atoms with Gasteiger partial charge in [0.15, 0.2) is 0 Å². The normalized spacial score (nSPS) is 16.2. The summed E-state index contributed by atoms with van der Waals surface area (Å²) in [5.41, 5.74) is 0.697. The number of halogens is 3. The third kappa shape index (κ3) is 1.61. The molecule has 2 aromatic rings. The first-order valence-electron chi connectivity index (χ1n) is 5.46. The van der Waals surface area contributed by atoms with Gasteiger partial charge in [-0.05, 0) is 12.1 Å². The summed E-state index contributed by atoms with van der Waals surface area (Å²) >= 11 is 0. The Morgan fingerprint density at radius 3 is 2.82 bits per heavy atom. The number of rotatable bonds is 0. The molecule has 0 unspecified atom stereocenters. The van der Waals surface area contributed by atoms with Gasteiger partial charge < -0.3 is 9.88 Å². The smallest absolute Gasteiger partial charge is 0.342 e. The van der Waals surface area contributed by atoms with E-state index in [0.717, 1.165) is 11.8 Å². The summed E-state index contributed by atoms with van der Waals surface area (Å²) in [5, 5.41) is 3.82. The fraction of sp³-hybridized carbons (Fsp3) is 0.333. The first kappa shape index (κ1) is 10.7. The zero-order valence-corrected chi connectivity index (χ0v) is 9.01. The molecule has 0 amide bonds. The van der Waals surface area contributed by atoms with Gasteiger partial charge in [-0.25, -0.2) is 0 Å². The highest BCUT2D eigenvalue weighted by Crippen LogP contribution is 2.36. The Labute approximate surface area is 96.0 Å². The van der Waals surface area contributed by atoms with E-state index in [1.165, 1.54) is 6.07 Å². The van der Waals surface area contributed by atoms with Crippen LogP contribution in [0.1, 0.15) is 11.3 Å². The molecule has 0 saturated carbocycles. The van der Waals surface area contributed by atoms with Gasteiger partial charge in [0.1, 0.15) is 0 Å². The fourth-order valence-corrected chi connectivity index (χ4v) is 2.42. The Bertz CT molecular complexity index is 569. The van der Waals surface area contributed by atoms with Crippen molar-refractivity contribution in [2.45, 2.75) is 19.3 Å². The molecule has 3 rings (SSSR count). The minimum atomic E-state index is -4.29. The van der Waals surface area contributed by atoms with Gasteiger partial charge in [-0.3, -0.25) is 0 Å². The first-order chi connectivity index (χ1) is 8.07. The number of hydrogen-bond donors (Lipinski definition) is 1. The molecule has 17 heavy (non-hydrogen) atoms. The summed E-state index contributed by atoms with van der Waals surface area (Å²) in [6.07, 6.45) is -4.29. The van der Waals surface area contributed by atoms with Gasteiger partial charge in [-0.1, -0.05) is 12.1 Å². The van der Waals surface area contributed by atoms with E-state index in [2.05, 4.69) is 5.32 Å². The van der Waals surface area contributed by atoms with Crippen LogP contribution in [0.15, 0.2) is 24.3 Å². The van der Waals surface area contributed by atoms with Crippen LogP contribution < -0.4 is 5.32 Å². The molecule has 0 atom stereocenters. The predicted octanol–water partition coefficient (Wildman–Crippen LogP) is 2.76. The molecule has 5 heteroatoms. The van der Waals surface area contributed by atoms with Crippen molar-refractivity contribution in [3.63, 3.8) is 0 Å². The Kier molecular flexibility index (Phi) is 2.19. The van der Waals surface area contributed by atoms with Crippen molar-refractivity contribution >= 4 is 10.9 Å². The Morgan fingerprint density at radius 2 is 2.06 bits per heavy atom. The van der Waals surface area contributed by atoms with Crippen LogP contribution >= 0.6 is 0 Å². The molecule has 0 fully saturated rings. The molecule has 2 nitrogen and oxygen atoms in total. The predicted molar refractivity (Wildman–Crippen MR) is 58.6 cm³/mol. The maximum atomic E-state index is 12.9. The number of aromatic nitrogens is 1. The first-order valence-corrected chi connectivity index (χ1v) is 5.46. The van der Waals surface area contributed by atoms with Crippen molar-refractivity contribution in [1.82, 2.24) is 9.88 Å². The molecule has 1 aromatic carbocycles. The van der Waals surface area contributed by atoms with Gasteiger partial charge in [0.25, 0.3) is 0 Å². The summed E-state index contributed by atoms with van der Waals surface area (Å²) in [6.45, 7) is 1.93. The molecule has 1 aliphatic heterocycles. The largest absolute Gasteiger partial charge is 0.418 e. The number of nitrogens with one attached hydrogen (secondary N) is 1. The molecule has 90 valence electrons. The Hall–Kier alpha value is -1.49. The number of alkyl halides is 3. The number of para-hydroxylation sites is 1. The van der Waals surface area contributed by atoms with Crippen molar-refractivity contribution in [3.05, 3.63) is 35.5 Å². The maximum Gasteiger partial charge on any atom is 0.418 e. The second-order valence-electron chi connectivity index (χ2n) is 4.21. The third-order valence-corrected chi connectivity index (χ3v) is 3.13. The standard InChI is InChI=1S/C12H11F3N2/c13-12(14,15)10-3-1-2-8-6-9-7-16-4-5-17(9)11(8)10/h1-3,6,16H,4-5,7H2. The molecule has 0 aliphatic carbocycles. The maximum absolute atomic E-state index is 12.9. The number of hydrogen-bond acceptors (Lipinski definition) is 1. The highest BCUT2D eigenvalue weighted by molar-refractivity contribution is 5.85. The second kappa shape index (κ2) is 3.50. The van der Waals surface area contributed by atoms with Crippen molar-refractivity contribution in [1.29, 1.82) is 0 Å². The molecule has 2 heterocycles. The summed E-state index contributed by atoms with van der Waals surface area (Å²) in [4.78, 5) is 0. The van der Waals surface area contributed by atoms with Crippen molar-refractivity contribution < 1.29 is 13.2 Å². The molecule has 0 radical (unpaired) electrons. The van der Waals surface area contributed by atoms with Crippen LogP contribution in [0.4, 0.5) is 13.2 Å². The van der Waals surface area contributed by atoms with Crippen molar-refractivity contribution in [2.75, 3.05) is 6.54 Å². The van der Waals surface area contributed by atoms with Crippen LogP contribution in [0, 0.1) is 0 Å². The molecule has 1 N–H and O–H groups in total. The Morgan fingerprint density at radius 1 is 1.24 bits per heavy atom. The Balaban J connectivity index is 2.33. The van der Waals surface area contributed by atoms with Crippen LogP contribution in [-0.2, 0) is 19.3 Å². The zero-order valence-electron chi connectivity index (χ0n) is 9.01. The van der Waals surface area contributed by atoms with E-state index in [-0.39, 0.29) is 0 Å². The van der Waals surface area contributed by atoms with Crippen LogP contribution in [0.3, 0.4) is 0 Å². The summed E-state index contributed by atoms with van der Waals surface area (Å²) in [6, 6.07) is 6.18. The van der Waals surface area contributed by atoms with Gasteiger partial charge in [-0.15, -0.1) is 0 Å². The topological polar surface area (TPSA) is 17.0 Å². The van der Waals surface area contributed by atoms with Gasteiger partial charge >= 0.3 is 6.18 Å². The molecule has 0 bridgehead atoms. The summed E-state index contributed by atoms with van der Waals surface area (Å²) < 4.78 is 40.6. The second-order valence-corrected chi connectivity index (χ2v) is 4.21. The monoisotopic (exact) mass is 240 g/mol. The van der Waals surface area contributed by atoms with Crippen LogP contribution in [-0.4, -0.2) is 11.1 Å². The van der Waals surface area contributed by atoms with E-state index < -0.39 is 11.7 Å². The van der Waals surface area contributed by atoms with Crippen molar-refractivity contribution in [3.8, 4) is 0 Å². The fourth-order valence-electron chi connectivity index (χ4n) is 2.42. The lowest BCUT2D eigenvalue weighted by atomic mass is 10.1. The zero-order chi connectivity index (χ0) is 12.0. The number of fused-ring (bicyclic) bond motifs is 3. The van der Waals surface area contributed by atoms with Gasteiger partial charge in [0.2, 0.25) is 0 Å². The molecule has 1 aromatic heterocycles. The highest BCUT2D eigenvalue weighted by Gasteiger charge is 2.34. The number of nitrogens with zero attached hydrogens (tertiary/aromatic N) is 1. The quantitative estimate of drug-likeness (QED) is 0.749. The SMILES string of the molecule is FC(F)(F)c1cccc2cc3n(c12)CCNC3. The van der Waals surface area contributed by atoms with Crippen molar-refractivity contribution in [2.24, 2.45) is 0 Å². The molecular weight excluding hydrogens is 229 g/mol. The highest BCUT2D eigenvalue weighted by atomic mass is 19.4. The van der Waals surface area contributed by atoms with E-state index in [4.69, 9.17) is 0 Å². The lowest BCUT2D eigenvalue weighted by Crippen LogP contribution is -2.28. The molecular formula is C12H11F3N2. The van der Waals surface area contributed by atoms with E-state index in [1.54, 1.807) is 10.6 Å². The van der Waals surface area contributed by atoms with Crippen LogP contribution in [0.25, 0.3) is 10.9 Å². The van der Waals surface area contributed by atoms with E-state index in [0.29, 0.717) is 30.5 Å². The van der Waals surface area contributed by atoms with E-state index in [9.17, 15) is 13.2 Å². The van der Waals surface area contributed by atoms with E-state index in [1.807, 2.05) is 6.07 Å².